The first-order valence-corrected chi connectivity index (χ1v) is 9.78. The highest BCUT2D eigenvalue weighted by Gasteiger charge is 2.35. The Labute approximate surface area is 173 Å². The van der Waals surface area contributed by atoms with Crippen molar-refractivity contribution in [2.24, 2.45) is 0 Å². The van der Waals surface area contributed by atoms with Gasteiger partial charge < -0.3 is 24.6 Å². The average Bonchev–Trinajstić information content (AvgIpc) is 3.08. The van der Waals surface area contributed by atoms with Crippen LogP contribution in [0.2, 0.25) is 5.02 Å². The van der Waals surface area contributed by atoms with Gasteiger partial charge in [-0.05, 0) is 49.6 Å². The van der Waals surface area contributed by atoms with Gasteiger partial charge in [-0.25, -0.2) is 4.79 Å². The van der Waals surface area contributed by atoms with E-state index in [1.165, 1.54) is 0 Å². The zero-order chi connectivity index (χ0) is 20.3. The second-order valence-electron chi connectivity index (χ2n) is 7.11. The Hall–Kier alpha value is -2.88. The van der Waals surface area contributed by atoms with E-state index in [2.05, 4.69) is 17.2 Å². The standard InChI is InChI=1S/C22H20ClNO5/c23-16-6-3-5-15(13-16)10-12-22(26)11-4-7-17(14-22)24-20(25)29-21-27-18-8-1-2-9-19(18)28-21/h1-3,5-6,8-9,13,17,21,26H,4,7,11,14H2,(H,24,25)/t17-,22+/m0/s1. The molecule has 1 heterocycles. The van der Waals surface area contributed by atoms with Gasteiger partial charge in [0, 0.05) is 23.0 Å². The number of para-hydroxylation sites is 2. The number of aliphatic hydroxyl groups is 1. The van der Waals surface area contributed by atoms with Gasteiger partial charge in [-0.3, -0.25) is 0 Å². The molecule has 29 heavy (non-hydrogen) atoms. The highest BCUT2D eigenvalue weighted by atomic mass is 35.5. The van der Waals surface area contributed by atoms with Gasteiger partial charge >= 0.3 is 12.6 Å². The summed E-state index contributed by atoms with van der Waals surface area (Å²) in [4.78, 5) is 12.2. The van der Waals surface area contributed by atoms with Gasteiger partial charge in [-0.15, -0.1) is 0 Å². The molecule has 0 unspecified atom stereocenters. The zero-order valence-corrected chi connectivity index (χ0v) is 16.3. The molecule has 2 aliphatic rings. The Kier molecular flexibility index (Phi) is 5.52. The first kappa shape index (κ1) is 19.4. The summed E-state index contributed by atoms with van der Waals surface area (Å²) >= 11 is 5.97. The Balaban J connectivity index is 1.32. The Morgan fingerprint density at radius 1 is 1.21 bits per heavy atom. The number of ether oxygens (including phenoxy) is 3. The lowest BCUT2D eigenvalue weighted by Crippen LogP contribution is -2.46. The number of carbonyl (C=O) groups is 1. The fourth-order valence-electron chi connectivity index (χ4n) is 3.46. The zero-order valence-electron chi connectivity index (χ0n) is 15.6. The molecule has 0 radical (unpaired) electrons. The molecule has 7 heteroatoms. The van der Waals surface area contributed by atoms with E-state index in [0.717, 1.165) is 18.4 Å². The first-order chi connectivity index (χ1) is 14.0. The minimum absolute atomic E-state index is 0.265. The maximum Gasteiger partial charge on any atom is 0.413 e. The van der Waals surface area contributed by atoms with Crippen LogP contribution in [-0.2, 0) is 4.74 Å². The normalized spacial score (nSPS) is 23.0. The fourth-order valence-corrected chi connectivity index (χ4v) is 3.65. The molecule has 6 nitrogen and oxygen atoms in total. The predicted molar refractivity (Wildman–Crippen MR) is 107 cm³/mol. The average molecular weight is 414 g/mol. The van der Waals surface area contributed by atoms with Gasteiger partial charge in [0.15, 0.2) is 11.5 Å². The van der Waals surface area contributed by atoms with E-state index < -0.39 is 18.2 Å². The molecule has 150 valence electrons. The van der Waals surface area contributed by atoms with Crippen molar-refractivity contribution in [3.63, 3.8) is 0 Å². The summed E-state index contributed by atoms with van der Waals surface area (Å²) in [5, 5.41) is 14.2. The molecule has 1 saturated carbocycles. The van der Waals surface area contributed by atoms with Crippen LogP contribution in [0.1, 0.15) is 31.2 Å². The van der Waals surface area contributed by atoms with Crippen molar-refractivity contribution in [1.82, 2.24) is 5.32 Å². The molecule has 2 aromatic carbocycles. The topological polar surface area (TPSA) is 77.0 Å². The van der Waals surface area contributed by atoms with Crippen LogP contribution in [0.15, 0.2) is 48.5 Å². The van der Waals surface area contributed by atoms with Crippen LogP contribution in [0.25, 0.3) is 0 Å². The van der Waals surface area contributed by atoms with Gasteiger partial charge in [0.2, 0.25) is 0 Å². The fraction of sp³-hybridized carbons (Fsp3) is 0.318. The van der Waals surface area contributed by atoms with Crippen molar-refractivity contribution >= 4 is 17.7 Å². The van der Waals surface area contributed by atoms with Crippen LogP contribution < -0.4 is 14.8 Å². The third-order valence-electron chi connectivity index (χ3n) is 4.81. The molecule has 4 rings (SSSR count). The largest absolute Gasteiger partial charge is 0.419 e. The highest BCUT2D eigenvalue weighted by molar-refractivity contribution is 6.30. The van der Waals surface area contributed by atoms with Crippen molar-refractivity contribution < 1.29 is 24.1 Å². The van der Waals surface area contributed by atoms with Crippen molar-refractivity contribution in [1.29, 1.82) is 0 Å². The number of hydrogen-bond acceptors (Lipinski definition) is 5. The van der Waals surface area contributed by atoms with Crippen LogP contribution in [0, 0.1) is 11.8 Å². The molecule has 1 aliphatic carbocycles. The second-order valence-corrected chi connectivity index (χ2v) is 7.54. The van der Waals surface area contributed by atoms with E-state index in [9.17, 15) is 9.90 Å². The molecule has 0 saturated heterocycles. The third kappa shape index (κ3) is 4.94. The Morgan fingerprint density at radius 2 is 1.97 bits per heavy atom. The molecule has 2 N–H and O–H groups in total. The summed E-state index contributed by atoms with van der Waals surface area (Å²) < 4.78 is 16.0. The number of carbonyl (C=O) groups excluding carboxylic acids is 1. The molecule has 2 aromatic rings. The molecule has 1 fully saturated rings. The number of rotatable bonds is 2. The van der Waals surface area contributed by atoms with E-state index >= 15 is 0 Å². The minimum atomic E-state index is -1.19. The van der Waals surface area contributed by atoms with Crippen LogP contribution in [0.5, 0.6) is 11.5 Å². The third-order valence-corrected chi connectivity index (χ3v) is 5.05. The summed E-state index contributed by atoms with van der Waals surface area (Å²) in [6, 6.07) is 14.0. The van der Waals surface area contributed by atoms with Gasteiger partial charge in [0.1, 0.15) is 5.60 Å². The van der Waals surface area contributed by atoms with Gasteiger partial charge in [0.05, 0.1) is 0 Å². The number of halogens is 1. The molecule has 0 aromatic heterocycles. The predicted octanol–water partition coefficient (Wildman–Crippen LogP) is 3.85. The van der Waals surface area contributed by atoms with Crippen LogP contribution in [-0.4, -0.2) is 29.3 Å². The quantitative estimate of drug-likeness (QED) is 0.731. The number of hydrogen-bond donors (Lipinski definition) is 2. The summed E-state index contributed by atoms with van der Waals surface area (Å²) in [5.74, 6) is 6.95. The van der Waals surface area contributed by atoms with E-state index in [1.807, 2.05) is 12.1 Å². The molecule has 0 spiro atoms. The molecular formula is C22H20ClNO5. The molecular weight excluding hydrogens is 394 g/mol. The SMILES string of the molecule is O=C(N[C@H]1CCC[C@@](O)(C#Cc2cccc(Cl)c2)C1)OC1Oc2ccccc2O1. The van der Waals surface area contributed by atoms with E-state index in [-0.39, 0.29) is 6.04 Å². The molecule has 2 atom stereocenters. The number of alkyl carbamates (subject to hydrolysis) is 1. The maximum absolute atomic E-state index is 12.2. The summed E-state index contributed by atoms with van der Waals surface area (Å²) in [7, 11) is 0. The minimum Gasteiger partial charge on any atom is -0.419 e. The van der Waals surface area contributed by atoms with E-state index in [0.29, 0.717) is 29.4 Å². The molecule has 1 amide bonds. The van der Waals surface area contributed by atoms with Crippen molar-refractivity contribution in [2.75, 3.05) is 0 Å². The number of fused-ring (bicyclic) bond motifs is 1. The Morgan fingerprint density at radius 3 is 2.69 bits per heavy atom. The lowest BCUT2D eigenvalue weighted by atomic mass is 9.82. The van der Waals surface area contributed by atoms with Crippen molar-refractivity contribution in [2.45, 2.75) is 43.8 Å². The maximum atomic E-state index is 12.2. The molecule has 1 aliphatic heterocycles. The van der Waals surface area contributed by atoms with Crippen molar-refractivity contribution in [3.05, 3.63) is 59.1 Å². The van der Waals surface area contributed by atoms with Crippen LogP contribution in [0.4, 0.5) is 4.79 Å². The monoisotopic (exact) mass is 413 g/mol. The molecule has 0 bridgehead atoms. The van der Waals surface area contributed by atoms with Crippen LogP contribution in [0.3, 0.4) is 0 Å². The number of benzene rings is 2. The first-order valence-electron chi connectivity index (χ1n) is 9.40. The smallest absolute Gasteiger partial charge is 0.413 e. The number of amides is 1. The summed E-state index contributed by atoms with van der Waals surface area (Å²) in [6.07, 6.45) is 1.64. The van der Waals surface area contributed by atoms with Gasteiger partial charge in [-0.2, -0.15) is 0 Å². The Bertz CT molecular complexity index is 944. The number of nitrogens with one attached hydrogen (secondary N) is 1. The van der Waals surface area contributed by atoms with Gasteiger partial charge in [0.25, 0.3) is 0 Å². The second kappa shape index (κ2) is 8.24. The lowest BCUT2D eigenvalue weighted by molar-refractivity contribution is -0.136. The van der Waals surface area contributed by atoms with Crippen molar-refractivity contribution in [3.8, 4) is 23.3 Å². The lowest BCUT2D eigenvalue weighted by Gasteiger charge is -2.33. The van der Waals surface area contributed by atoms with E-state index in [1.54, 1.807) is 36.4 Å². The van der Waals surface area contributed by atoms with Crippen LogP contribution >= 0.6 is 11.6 Å². The van der Waals surface area contributed by atoms with E-state index in [4.69, 9.17) is 25.8 Å². The highest BCUT2D eigenvalue weighted by Crippen LogP contribution is 2.34. The summed E-state index contributed by atoms with van der Waals surface area (Å²) in [5.41, 5.74) is -0.453. The summed E-state index contributed by atoms with van der Waals surface area (Å²) in [6.45, 7) is -1.13. The van der Waals surface area contributed by atoms with Gasteiger partial charge in [-0.1, -0.05) is 41.6 Å².